The lowest BCUT2D eigenvalue weighted by molar-refractivity contribution is 0.578. The van der Waals surface area contributed by atoms with E-state index in [9.17, 15) is 0 Å². The lowest BCUT2D eigenvalue weighted by atomic mass is 10.0. The van der Waals surface area contributed by atoms with E-state index in [2.05, 4.69) is 56.9 Å². The highest BCUT2D eigenvalue weighted by Gasteiger charge is 2.16. The van der Waals surface area contributed by atoms with E-state index in [1.54, 1.807) is 0 Å². The summed E-state index contributed by atoms with van der Waals surface area (Å²) in [6.07, 6.45) is 2.58. The molecule has 0 aliphatic carbocycles. The van der Waals surface area contributed by atoms with Gasteiger partial charge in [0.05, 0.1) is 0 Å². The minimum absolute atomic E-state index is 0.858. The highest BCUT2D eigenvalue weighted by molar-refractivity contribution is 6.76. The molecule has 1 unspecified atom stereocenters. The van der Waals surface area contributed by atoms with Crippen LogP contribution in [0.5, 0.6) is 0 Å². The normalized spacial score (nSPS) is 13.9. The largest absolute Gasteiger partial charge is 0.0695 e. The van der Waals surface area contributed by atoms with Crippen LogP contribution in [0.3, 0.4) is 0 Å². The Labute approximate surface area is 95.7 Å². The van der Waals surface area contributed by atoms with Crippen LogP contribution >= 0.6 is 0 Å². The SMILES string of the molecule is CC(CCc1ccccc1)C[Si](C)(C)C. The zero-order chi connectivity index (χ0) is 11.3. The molecular formula is C14H24Si. The predicted octanol–water partition coefficient (Wildman–Crippen LogP) is 4.59. The molecule has 0 aliphatic rings. The molecule has 0 radical (unpaired) electrons. The Balaban J connectivity index is 2.32. The fourth-order valence-corrected chi connectivity index (χ4v) is 4.50. The molecule has 0 nitrogen and oxygen atoms in total. The number of hydrogen-bond acceptors (Lipinski definition) is 0. The first kappa shape index (κ1) is 12.5. The van der Waals surface area contributed by atoms with Gasteiger partial charge in [0.2, 0.25) is 0 Å². The third kappa shape index (κ3) is 5.78. The summed E-state index contributed by atoms with van der Waals surface area (Å²) >= 11 is 0. The van der Waals surface area contributed by atoms with Crippen molar-refractivity contribution >= 4 is 8.07 Å². The Bertz CT molecular complexity index is 271. The molecule has 0 saturated carbocycles. The van der Waals surface area contributed by atoms with Crippen LogP contribution in [0.1, 0.15) is 18.9 Å². The molecule has 0 heterocycles. The van der Waals surface area contributed by atoms with Gasteiger partial charge in [-0.3, -0.25) is 0 Å². The molecule has 0 N–H and O–H groups in total. The minimum Gasteiger partial charge on any atom is -0.0695 e. The van der Waals surface area contributed by atoms with Crippen molar-refractivity contribution in [2.24, 2.45) is 5.92 Å². The van der Waals surface area contributed by atoms with Crippen LogP contribution in [0, 0.1) is 5.92 Å². The van der Waals surface area contributed by atoms with E-state index >= 15 is 0 Å². The van der Waals surface area contributed by atoms with E-state index in [-0.39, 0.29) is 0 Å². The number of benzene rings is 1. The fourth-order valence-electron chi connectivity index (χ4n) is 2.21. The van der Waals surface area contributed by atoms with E-state index in [1.165, 1.54) is 24.4 Å². The zero-order valence-corrected chi connectivity index (χ0v) is 11.6. The summed E-state index contributed by atoms with van der Waals surface area (Å²) in [6, 6.07) is 12.3. The third-order valence-electron chi connectivity index (χ3n) is 2.73. The molecule has 0 aliphatic heterocycles. The van der Waals surface area contributed by atoms with Crippen molar-refractivity contribution < 1.29 is 0 Å². The molecule has 0 bridgehead atoms. The molecule has 0 aromatic heterocycles. The fraction of sp³-hybridized carbons (Fsp3) is 0.571. The third-order valence-corrected chi connectivity index (χ3v) is 4.65. The second-order valence-corrected chi connectivity index (χ2v) is 11.4. The molecular weight excluding hydrogens is 196 g/mol. The molecule has 84 valence electrons. The molecule has 0 amide bonds. The molecule has 15 heavy (non-hydrogen) atoms. The maximum absolute atomic E-state index is 2.46. The second-order valence-electron chi connectivity index (χ2n) is 5.89. The molecule has 1 atom stereocenters. The molecule has 0 saturated heterocycles. The van der Waals surface area contributed by atoms with Gasteiger partial charge in [-0.2, -0.15) is 0 Å². The van der Waals surface area contributed by atoms with Crippen LogP contribution in [0.4, 0.5) is 0 Å². The summed E-state index contributed by atoms with van der Waals surface area (Å²) in [7, 11) is -0.858. The number of hydrogen-bond donors (Lipinski definition) is 0. The first-order valence-electron chi connectivity index (χ1n) is 6.01. The van der Waals surface area contributed by atoms with E-state index in [0.717, 1.165) is 5.92 Å². The molecule has 1 heteroatoms. The summed E-state index contributed by atoms with van der Waals surface area (Å²) in [5, 5.41) is 0. The Morgan fingerprint density at radius 2 is 1.67 bits per heavy atom. The van der Waals surface area contributed by atoms with Crippen molar-refractivity contribution in [1.29, 1.82) is 0 Å². The van der Waals surface area contributed by atoms with Gasteiger partial charge >= 0.3 is 0 Å². The van der Waals surface area contributed by atoms with Gasteiger partial charge < -0.3 is 0 Å². The monoisotopic (exact) mass is 220 g/mol. The van der Waals surface area contributed by atoms with Gasteiger partial charge in [0, 0.05) is 8.07 Å². The van der Waals surface area contributed by atoms with Crippen LogP contribution < -0.4 is 0 Å². The summed E-state index contributed by atoms with van der Waals surface area (Å²) in [4.78, 5) is 0. The van der Waals surface area contributed by atoms with E-state index < -0.39 is 8.07 Å². The topological polar surface area (TPSA) is 0 Å². The van der Waals surface area contributed by atoms with Crippen LogP contribution in [0.25, 0.3) is 0 Å². The Hall–Kier alpha value is -0.563. The molecule has 0 fully saturated rings. The van der Waals surface area contributed by atoms with Gasteiger partial charge in [-0.05, 0) is 24.3 Å². The van der Waals surface area contributed by atoms with E-state index in [1.807, 2.05) is 0 Å². The van der Waals surface area contributed by atoms with Crippen molar-refractivity contribution in [3.8, 4) is 0 Å². The van der Waals surface area contributed by atoms with Crippen LogP contribution in [0.15, 0.2) is 30.3 Å². The molecule has 1 aromatic carbocycles. The first-order valence-corrected chi connectivity index (χ1v) is 9.72. The number of rotatable bonds is 5. The summed E-state index contributed by atoms with van der Waals surface area (Å²) in [5.74, 6) is 0.886. The van der Waals surface area contributed by atoms with Crippen molar-refractivity contribution in [1.82, 2.24) is 0 Å². The number of aryl methyl sites for hydroxylation is 1. The maximum atomic E-state index is 2.46. The van der Waals surface area contributed by atoms with E-state index in [0.29, 0.717) is 0 Å². The van der Waals surface area contributed by atoms with Crippen molar-refractivity contribution in [2.45, 2.75) is 45.5 Å². The molecule has 1 aromatic rings. The van der Waals surface area contributed by atoms with Crippen LogP contribution in [-0.4, -0.2) is 8.07 Å². The Kier molecular flexibility index (Phi) is 4.59. The zero-order valence-electron chi connectivity index (χ0n) is 10.6. The maximum Gasteiger partial charge on any atom is 0.0445 e. The van der Waals surface area contributed by atoms with Gasteiger partial charge in [0.1, 0.15) is 0 Å². The highest BCUT2D eigenvalue weighted by atomic mass is 28.3. The summed E-state index contributed by atoms with van der Waals surface area (Å²) < 4.78 is 0. The van der Waals surface area contributed by atoms with Gasteiger partial charge in [-0.25, -0.2) is 0 Å². The highest BCUT2D eigenvalue weighted by Crippen LogP contribution is 2.20. The van der Waals surface area contributed by atoms with Gasteiger partial charge in [-0.1, -0.05) is 62.9 Å². The van der Waals surface area contributed by atoms with E-state index in [4.69, 9.17) is 0 Å². The average Bonchev–Trinajstić information content (AvgIpc) is 2.14. The predicted molar refractivity (Wildman–Crippen MR) is 72.1 cm³/mol. The van der Waals surface area contributed by atoms with Crippen LogP contribution in [0.2, 0.25) is 25.7 Å². The van der Waals surface area contributed by atoms with Gasteiger partial charge in [0.25, 0.3) is 0 Å². The molecule has 0 spiro atoms. The van der Waals surface area contributed by atoms with Crippen molar-refractivity contribution in [3.05, 3.63) is 35.9 Å². The lowest BCUT2D eigenvalue weighted by Gasteiger charge is -2.21. The standard InChI is InChI=1S/C14H24Si/c1-13(12-15(2,3)4)10-11-14-8-6-5-7-9-14/h5-9,13H,10-12H2,1-4H3. The average molecular weight is 220 g/mol. The Morgan fingerprint density at radius 3 is 2.20 bits per heavy atom. The van der Waals surface area contributed by atoms with Crippen LogP contribution in [-0.2, 0) is 6.42 Å². The van der Waals surface area contributed by atoms with Crippen molar-refractivity contribution in [2.75, 3.05) is 0 Å². The lowest BCUT2D eigenvalue weighted by Crippen LogP contribution is -2.22. The summed E-state index contributed by atoms with van der Waals surface area (Å²) in [5.41, 5.74) is 1.49. The second kappa shape index (κ2) is 5.50. The Morgan fingerprint density at radius 1 is 1.07 bits per heavy atom. The van der Waals surface area contributed by atoms with Gasteiger partial charge in [0.15, 0.2) is 0 Å². The summed E-state index contributed by atoms with van der Waals surface area (Å²) in [6.45, 7) is 9.80. The smallest absolute Gasteiger partial charge is 0.0445 e. The van der Waals surface area contributed by atoms with Gasteiger partial charge in [-0.15, -0.1) is 0 Å². The first-order chi connectivity index (χ1) is 6.97. The quantitative estimate of drug-likeness (QED) is 0.637. The minimum atomic E-state index is -0.858. The van der Waals surface area contributed by atoms with Crippen molar-refractivity contribution in [3.63, 3.8) is 0 Å². The molecule has 1 rings (SSSR count).